The molecule has 124 valence electrons. The van der Waals surface area contributed by atoms with Crippen LogP contribution in [0, 0.1) is 25.2 Å². The molecule has 0 aliphatic carbocycles. The topological polar surface area (TPSA) is 82.3 Å². The van der Waals surface area contributed by atoms with Gasteiger partial charge in [-0.2, -0.15) is 5.26 Å². The van der Waals surface area contributed by atoms with E-state index in [2.05, 4.69) is 5.32 Å². The first-order valence-corrected chi connectivity index (χ1v) is 7.66. The van der Waals surface area contributed by atoms with Gasteiger partial charge in [-0.3, -0.25) is 4.79 Å². The predicted octanol–water partition coefficient (Wildman–Crippen LogP) is 2.34. The molecule has 0 fully saturated rings. The van der Waals surface area contributed by atoms with E-state index in [1.54, 1.807) is 24.3 Å². The molecular formula is C19H20N2O3. The third-order valence-corrected chi connectivity index (χ3v) is 3.60. The number of amides is 1. The van der Waals surface area contributed by atoms with E-state index in [4.69, 9.17) is 10.00 Å². The van der Waals surface area contributed by atoms with E-state index in [1.807, 2.05) is 38.1 Å². The Bertz CT molecular complexity index is 728. The lowest BCUT2D eigenvalue weighted by molar-refractivity contribution is 0.0841. The highest BCUT2D eigenvalue weighted by Crippen LogP contribution is 2.22. The average molecular weight is 324 g/mol. The molecule has 5 nitrogen and oxygen atoms in total. The minimum absolute atomic E-state index is 0.0871. The molecule has 1 atom stereocenters. The number of hydrogen-bond acceptors (Lipinski definition) is 4. The largest absolute Gasteiger partial charge is 0.490 e. The van der Waals surface area contributed by atoms with E-state index in [0.29, 0.717) is 11.1 Å². The number of nitrogens with zero attached hydrogens (tertiary/aromatic N) is 1. The van der Waals surface area contributed by atoms with Gasteiger partial charge in [0.05, 0.1) is 11.6 Å². The highest BCUT2D eigenvalue weighted by molar-refractivity contribution is 5.94. The molecule has 0 saturated carbocycles. The minimum Gasteiger partial charge on any atom is -0.490 e. The van der Waals surface area contributed by atoms with Gasteiger partial charge in [0.15, 0.2) is 0 Å². The Kier molecular flexibility index (Phi) is 5.94. The zero-order chi connectivity index (χ0) is 17.5. The van der Waals surface area contributed by atoms with Crippen LogP contribution in [-0.2, 0) is 0 Å². The molecule has 5 heteroatoms. The SMILES string of the molecule is Cc1cccc(C)c1OC[C@@H](O)CNC(=O)c1ccc(C#N)cc1. The first-order chi connectivity index (χ1) is 11.5. The fraction of sp³-hybridized carbons (Fsp3) is 0.263. The average Bonchev–Trinajstić information content (AvgIpc) is 2.59. The summed E-state index contributed by atoms with van der Waals surface area (Å²) in [5.41, 5.74) is 2.94. The molecule has 0 radical (unpaired) electrons. The maximum atomic E-state index is 12.0. The highest BCUT2D eigenvalue weighted by atomic mass is 16.5. The Morgan fingerprint density at radius 2 is 1.83 bits per heavy atom. The van der Waals surface area contributed by atoms with Crippen LogP contribution in [0.3, 0.4) is 0 Å². The number of aliphatic hydroxyl groups excluding tert-OH is 1. The van der Waals surface area contributed by atoms with Crippen LogP contribution in [0.5, 0.6) is 5.75 Å². The number of ether oxygens (including phenoxy) is 1. The number of para-hydroxylation sites is 1. The standard InChI is InChI=1S/C19H20N2O3/c1-13-4-3-5-14(2)18(13)24-12-17(22)11-21-19(23)16-8-6-15(10-20)7-9-16/h3-9,17,22H,11-12H2,1-2H3,(H,21,23)/t17-/m0/s1. The van der Waals surface area contributed by atoms with Crippen molar-refractivity contribution in [1.29, 1.82) is 5.26 Å². The van der Waals surface area contributed by atoms with E-state index in [-0.39, 0.29) is 19.1 Å². The first-order valence-electron chi connectivity index (χ1n) is 7.66. The van der Waals surface area contributed by atoms with Crippen molar-refractivity contribution in [3.63, 3.8) is 0 Å². The molecule has 2 aromatic carbocycles. The van der Waals surface area contributed by atoms with Gasteiger partial charge in [0.25, 0.3) is 5.91 Å². The van der Waals surface area contributed by atoms with Gasteiger partial charge in [-0.05, 0) is 49.2 Å². The molecule has 0 saturated heterocycles. The van der Waals surface area contributed by atoms with Gasteiger partial charge >= 0.3 is 0 Å². The van der Waals surface area contributed by atoms with Crippen LogP contribution in [0.4, 0.5) is 0 Å². The summed E-state index contributed by atoms with van der Waals surface area (Å²) in [6.07, 6.45) is -0.814. The number of carbonyl (C=O) groups is 1. The van der Waals surface area contributed by atoms with Gasteiger partial charge in [0.1, 0.15) is 18.5 Å². The zero-order valence-corrected chi connectivity index (χ0v) is 13.7. The lowest BCUT2D eigenvalue weighted by atomic mass is 10.1. The van der Waals surface area contributed by atoms with Gasteiger partial charge in [-0.1, -0.05) is 18.2 Å². The second kappa shape index (κ2) is 8.14. The summed E-state index contributed by atoms with van der Waals surface area (Å²) in [6.45, 7) is 4.08. The van der Waals surface area contributed by atoms with Gasteiger partial charge in [0, 0.05) is 12.1 Å². The van der Waals surface area contributed by atoms with Gasteiger partial charge < -0.3 is 15.2 Å². The summed E-state index contributed by atoms with van der Waals surface area (Å²) in [7, 11) is 0. The van der Waals surface area contributed by atoms with Crippen LogP contribution in [0.2, 0.25) is 0 Å². The Labute approximate surface area is 141 Å². The number of rotatable bonds is 6. The number of aryl methyl sites for hydroxylation is 2. The normalized spacial score (nSPS) is 11.4. The van der Waals surface area contributed by atoms with E-state index in [0.717, 1.165) is 16.9 Å². The lowest BCUT2D eigenvalue weighted by Gasteiger charge is -2.16. The summed E-state index contributed by atoms with van der Waals surface area (Å²) in [5.74, 6) is 0.459. The van der Waals surface area contributed by atoms with Crippen LogP contribution in [0.15, 0.2) is 42.5 Å². The summed E-state index contributed by atoms with van der Waals surface area (Å²) in [5, 5.41) is 21.4. The van der Waals surface area contributed by atoms with Crippen molar-refractivity contribution in [2.75, 3.05) is 13.2 Å². The second-order valence-corrected chi connectivity index (χ2v) is 5.58. The Hall–Kier alpha value is -2.84. The zero-order valence-electron chi connectivity index (χ0n) is 13.7. The Morgan fingerprint density at radius 3 is 2.42 bits per heavy atom. The number of carbonyl (C=O) groups excluding carboxylic acids is 1. The molecule has 24 heavy (non-hydrogen) atoms. The Balaban J connectivity index is 1.83. The molecule has 0 bridgehead atoms. The second-order valence-electron chi connectivity index (χ2n) is 5.58. The molecule has 0 unspecified atom stereocenters. The molecule has 0 aromatic heterocycles. The van der Waals surface area contributed by atoms with Crippen LogP contribution in [0.25, 0.3) is 0 Å². The third-order valence-electron chi connectivity index (χ3n) is 3.60. The van der Waals surface area contributed by atoms with Gasteiger partial charge in [0.2, 0.25) is 0 Å². The van der Waals surface area contributed by atoms with Gasteiger partial charge in [-0.15, -0.1) is 0 Å². The minimum atomic E-state index is -0.814. The van der Waals surface area contributed by atoms with Crippen molar-refractivity contribution >= 4 is 5.91 Å². The highest BCUT2D eigenvalue weighted by Gasteiger charge is 2.11. The molecule has 2 N–H and O–H groups in total. The lowest BCUT2D eigenvalue weighted by Crippen LogP contribution is -2.35. The molecule has 1 amide bonds. The summed E-state index contributed by atoms with van der Waals surface area (Å²) < 4.78 is 5.66. The molecule has 2 rings (SSSR count). The third kappa shape index (κ3) is 4.58. The van der Waals surface area contributed by atoms with Crippen molar-refractivity contribution in [3.8, 4) is 11.8 Å². The number of aliphatic hydroxyl groups is 1. The summed E-state index contributed by atoms with van der Waals surface area (Å²) >= 11 is 0. The number of nitrogens with one attached hydrogen (secondary N) is 1. The molecule has 2 aromatic rings. The Morgan fingerprint density at radius 1 is 1.21 bits per heavy atom. The molecular weight excluding hydrogens is 304 g/mol. The van der Waals surface area contributed by atoms with Crippen molar-refractivity contribution in [2.45, 2.75) is 20.0 Å². The fourth-order valence-electron chi connectivity index (χ4n) is 2.27. The number of nitriles is 1. The monoisotopic (exact) mass is 324 g/mol. The fourth-order valence-corrected chi connectivity index (χ4v) is 2.27. The smallest absolute Gasteiger partial charge is 0.251 e. The first kappa shape index (κ1) is 17.5. The molecule has 0 spiro atoms. The van der Waals surface area contributed by atoms with E-state index in [1.165, 1.54) is 0 Å². The maximum Gasteiger partial charge on any atom is 0.251 e. The van der Waals surface area contributed by atoms with E-state index in [9.17, 15) is 9.90 Å². The van der Waals surface area contributed by atoms with E-state index < -0.39 is 6.10 Å². The van der Waals surface area contributed by atoms with Crippen LogP contribution < -0.4 is 10.1 Å². The maximum absolute atomic E-state index is 12.0. The number of benzene rings is 2. The molecule has 0 heterocycles. The summed E-state index contributed by atoms with van der Waals surface area (Å²) in [4.78, 5) is 12.0. The van der Waals surface area contributed by atoms with Crippen molar-refractivity contribution in [3.05, 3.63) is 64.7 Å². The quantitative estimate of drug-likeness (QED) is 0.854. The van der Waals surface area contributed by atoms with Crippen LogP contribution >= 0.6 is 0 Å². The summed E-state index contributed by atoms with van der Waals surface area (Å²) in [6, 6.07) is 14.1. The van der Waals surface area contributed by atoms with Gasteiger partial charge in [-0.25, -0.2) is 0 Å². The molecule has 0 aliphatic rings. The van der Waals surface area contributed by atoms with E-state index >= 15 is 0 Å². The van der Waals surface area contributed by atoms with Crippen molar-refractivity contribution < 1.29 is 14.6 Å². The predicted molar refractivity (Wildman–Crippen MR) is 90.9 cm³/mol. The number of hydrogen-bond donors (Lipinski definition) is 2. The van der Waals surface area contributed by atoms with Crippen LogP contribution in [-0.4, -0.2) is 30.3 Å². The van der Waals surface area contributed by atoms with Crippen molar-refractivity contribution in [1.82, 2.24) is 5.32 Å². The van der Waals surface area contributed by atoms with Crippen LogP contribution in [0.1, 0.15) is 27.0 Å². The van der Waals surface area contributed by atoms with Crippen molar-refractivity contribution in [2.24, 2.45) is 0 Å². The molecule has 0 aliphatic heterocycles.